The third-order valence-electron chi connectivity index (χ3n) is 4.70. The quantitative estimate of drug-likeness (QED) is 0.900. The summed E-state index contributed by atoms with van der Waals surface area (Å²) in [5.41, 5.74) is 5.97. The Hall–Kier alpha value is -1.07. The molecule has 2 fully saturated rings. The van der Waals surface area contributed by atoms with Gasteiger partial charge in [0.15, 0.2) is 5.82 Å². The van der Waals surface area contributed by atoms with Gasteiger partial charge in [0, 0.05) is 24.2 Å². The molecule has 6 heteroatoms. The molecule has 0 aromatic carbocycles. The van der Waals surface area contributed by atoms with Crippen LogP contribution in [0.25, 0.3) is 0 Å². The van der Waals surface area contributed by atoms with Gasteiger partial charge in [-0.05, 0) is 44.9 Å². The summed E-state index contributed by atoms with van der Waals surface area (Å²) in [6.45, 7) is 4.04. The van der Waals surface area contributed by atoms with Crippen molar-refractivity contribution in [3.8, 4) is 0 Å². The number of nitrogens with zero attached hydrogens (tertiary/aromatic N) is 2. The van der Waals surface area contributed by atoms with Crippen molar-refractivity contribution in [1.29, 1.82) is 0 Å². The molecule has 3 rings (SSSR count). The third-order valence-corrected chi connectivity index (χ3v) is 4.98. The topological polar surface area (TPSA) is 72.9 Å². The van der Waals surface area contributed by atoms with E-state index < -0.39 is 0 Å². The molecule has 110 valence electrons. The van der Waals surface area contributed by atoms with Gasteiger partial charge in [-0.15, -0.1) is 0 Å². The van der Waals surface area contributed by atoms with E-state index >= 15 is 0 Å². The van der Waals surface area contributed by atoms with E-state index in [0.29, 0.717) is 28.7 Å². The number of carbonyl (C=O) groups excluding carboxylic acids is 1. The number of aromatic nitrogens is 2. The molecule has 0 aliphatic heterocycles. The molecule has 2 aliphatic rings. The second-order valence-corrected chi connectivity index (χ2v) is 6.79. The molecule has 1 aromatic rings. The number of nitrogens with two attached hydrogens (primary N) is 1. The highest BCUT2D eigenvalue weighted by Crippen LogP contribution is 2.49. The van der Waals surface area contributed by atoms with Crippen LogP contribution >= 0.6 is 11.6 Å². The molecule has 5 nitrogen and oxygen atoms in total. The summed E-state index contributed by atoms with van der Waals surface area (Å²) < 4.78 is 1.76. The first kappa shape index (κ1) is 13.9. The summed E-state index contributed by atoms with van der Waals surface area (Å²) >= 11 is 6.11. The molecule has 1 amide bonds. The minimum Gasteiger partial charge on any atom is -0.327 e. The van der Waals surface area contributed by atoms with Crippen LogP contribution in [0.15, 0.2) is 6.20 Å². The summed E-state index contributed by atoms with van der Waals surface area (Å²) in [4.78, 5) is 12.3. The lowest BCUT2D eigenvalue weighted by Gasteiger charge is -2.37. The lowest BCUT2D eigenvalue weighted by molar-refractivity contribution is -0.119. The fourth-order valence-electron chi connectivity index (χ4n) is 3.43. The van der Waals surface area contributed by atoms with Gasteiger partial charge in [0.2, 0.25) is 5.91 Å². The minimum atomic E-state index is 0.0301. The Kier molecular flexibility index (Phi) is 3.50. The van der Waals surface area contributed by atoms with Crippen LogP contribution in [0.1, 0.15) is 39.2 Å². The van der Waals surface area contributed by atoms with Gasteiger partial charge in [0.25, 0.3) is 0 Å². The van der Waals surface area contributed by atoms with Gasteiger partial charge in [-0.25, -0.2) is 0 Å². The van der Waals surface area contributed by atoms with E-state index in [2.05, 4.69) is 10.4 Å². The number of halogens is 1. The molecule has 1 unspecified atom stereocenters. The van der Waals surface area contributed by atoms with Crippen molar-refractivity contribution in [3.63, 3.8) is 0 Å². The molecule has 2 saturated carbocycles. The molecule has 2 aliphatic carbocycles. The molecular weight excluding hydrogens is 276 g/mol. The predicted octanol–water partition coefficient (Wildman–Crippen LogP) is 2.43. The zero-order valence-electron chi connectivity index (χ0n) is 11.8. The maximum Gasteiger partial charge on any atom is 0.228 e. The Morgan fingerprint density at radius 2 is 2.25 bits per heavy atom. The first-order valence-electron chi connectivity index (χ1n) is 7.26. The van der Waals surface area contributed by atoms with E-state index in [4.69, 9.17) is 17.3 Å². The average molecular weight is 297 g/mol. The number of amides is 1. The highest BCUT2D eigenvalue weighted by Gasteiger charge is 2.47. The first-order valence-corrected chi connectivity index (χ1v) is 7.64. The number of carbonyl (C=O) groups is 1. The smallest absolute Gasteiger partial charge is 0.228 e. The Morgan fingerprint density at radius 3 is 2.80 bits per heavy atom. The lowest BCUT2D eigenvalue weighted by atomic mass is 9.72. The van der Waals surface area contributed by atoms with Gasteiger partial charge >= 0.3 is 0 Å². The summed E-state index contributed by atoms with van der Waals surface area (Å²) in [5.74, 6) is 1.73. The second-order valence-electron chi connectivity index (χ2n) is 6.38. The van der Waals surface area contributed by atoms with E-state index in [0.717, 1.165) is 19.3 Å². The second kappa shape index (κ2) is 5.04. The summed E-state index contributed by atoms with van der Waals surface area (Å²) in [7, 11) is 0. The molecule has 20 heavy (non-hydrogen) atoms. The van der Waals surface area contributed by atoms with Crippen molar-refractivity contribution in [3.05, 3.63) is 11.2 Å². The van der Waals surface area contributed by atoms with Gasteiger partial charge in [-0.2, -0.15) is 5.10 Å². The van der Waals surface area contributed by atoms with Crippen molar-refractivity contribution in [2.24, 2.45) is 23.5 Å². The van der Waals surface area contributed by atoms with Gasteiger partial charge in [-0.1, -0.05) is 11.6 Å². The van der Waals surface area contributed by atoms with Crippen LogP contribution in [0.2, 0.25) is 5.02 Å². The van der Waals surface area contributed by atoms with E-state index in [1.54, 1.807) is 10.9 Å². The molecule has 0 spiro atoms. The summed E-state index contributed by atoms with van der Waals surface area (Å²) in [6, 6.07) is 0.514. The Morgan fingerprint density at radius 1 is 1.50 bits per heavy atom. The number of anilines is 1. The van der Waals surface area contributed by atoms with Gasteiger partial charge in [0.05, 0.1) is 0 Å². The van der Waals surface area contributed by atoms with Crippen LogP contribution in [0.3, 0.4) is 0 Å². The van der Waals surface area contributed by atoms with Crippen molar-refractivity contribution in [2.75, 3.05) is 5.32 Å². The van der Waals surface area contributed by atoms with Crippen LogP contribution in [0.4, 0.5) is 5.82 Å². The van der Waals surface area contributed by atoms with E-state index in [-0.39, 0.29) is 17.9 Å². The van der Waals surface area contributed by atoms with E-state index in [1.807, 2.05) is 13.8 Å². The highest BCUT2D eigenvalue weighted by atomic mass is 35.5. The lowest BCUT2D eigenvalue weighted by Crippen LogP contribution is -2.44. The van der Waals surface area contributed by atoms with Crippen molar-refractivity contribution in [1.82, 2.24) is 9.78 Å². The molecule has 0 saturated heterocycles. The zero-order chi connectivity index (χ0) is 14.4. The van der Waals surface area contributed by atoms with Gasteiger partial charge < -0.3 is 11.1 Å². The van der Waals surface area contributed by atoms with Crippen molar-refractivity contribution in [2.45, 2.75) is 45.2 Å². The molecule has 1 heterocycles. The monoisotopic (exact) mass is 296 g/mol. The van der Waals surface area contributed by atoms with E-state index in [1.165, 1.54) is 0 Å². The standard InChI is InChI=1S/C14H21ClN4O/c1-7(2)19-6-11(15)13(18-19)17-14(20)9-3-8-5-12(16)10(8)4-9/h6-10,12H,3-5,16H2,1-2H3,(H,17,18,20)/t8-,9?,10-,12+/m1/s1. The maximum absolute atomic E-state index is 12.3. The van der Waals surface area contributed by atoms with Crippen molar-refractivity contribution < 1.29 is 4.79 Å². The Bertz CT molecular complexity index is 527. The predicted molar refractivity (Wildman–Crippen MR) is 78.5 cm³/mol. The number of hydrogen-bond acceptors (Lipinski definition) is 3. The number of nitrogens with one attached hydrogen (secondary N) is 1. The zero-order valence-corrected chi connectivity index (χ0v) is 12.6. The van der Waals surface area contributed by atoms with Crippen LogP contribution in [-0.4, -0.2) is 21.7 Å². The van der Waals surface area contributed by atoms with Gasteiger partial charge in [-0.3, -0.25) is 9.48 Å². The number of fused-ring (bicyclic) bond motifs is 1. The SMILES string of the molecule is CC(C)n1cc(Cl)c(NC(=O)C2C[C@@H]3C[C@H](N)[C@@H]3C2)n1. The third kappa shape index (κ3) is 2.33. The molecule has 4 atom stereocenters. The molecule has 0 bridgehead atoms. The van der Waals surface area contributed by atoms with Crippen LogP contribution in [0, 0.1) is 17.8 Å². The van der Waals surface area contributed by atoms with E-state index in [9.17, 15) is 4.79 Å². The van der Waals surface area contributed by atoms with Crippen LogP contribution < -0.4 is 11.1 Å². The minimum absolute atomic E-state index is 0.0301. The van der Waals surface area contributed by atoms with Crippen LogP contribution in [0.5, 0.6) is 0 Å². The highest BCUT2D eigenvalue weighted by molar-refractivity contribution is 6.33. The average Bonchev–Trinajstić information content (AvgIpc) is 2.91. The molecule has 1 aromatic heterocycles. The Labute approximate surface area is 123 Å². The first-order chi connectivity index (χ1) is 9.45. The van der Waals surface area contributed by atoms with Gasteiger partial charge in [0.1, 0.15) is 5.02 Å². The number of hydrogen-bond donors (Lipinski definition) is 2. The molecule has 0 radical (unpaired) electrons. The molecule has 3 N–H and O–H groups in total. The summed E-state index contributed by atoms with van der Waals surface area (Å²) in [5, 5.41) is 7.68. The molecular formula is C14H21ClN4O. The fraction of sp³-hybridized carbons (Fsp3) is 0.714. The summed E-state index contributed by atoms with van der Waals surface area (Å²) in [6.07, 6.45) is 4.67. The van der Waals surface area contributed by atoms with Crippen molar-refractivity contribution >= 4 is 23.3 Å². The number of rotatable bonds is 3. The Balaban J connectivity index is 1.64. The van der Waals surface area contributed by atoms with Crippen LogP contribution in [-0.2, 0) is 4.79 Å². The maximum atomic E-state index is 12.3. The fourth-order valence-corrected chi connectivity index (χ4v) is 3.62. The normalized spacial score (nSPS) is 32.0. The largest absolute Gasteiger partial charge is 0.327 e.